The smallest absolute Gasteiger partial charge is 0.144 e. The van der Waals surface area contributed by atoms with E-state index < -0.39 is 10.8 Å². The number of anilines is 3. The molecular weight excluding hydrogens is 1320 g/mol. The van der Waals surface area contributed by atoms with Crippen LogP contribution in [-0.2, 0) is 27.1 Å². The van der Waals surface area contributed by atoms with Gasteiger partial charge < -0.3 is 18.2 Å². The number of furan rings is 3. The van der Waals surface area contributed by atoms with Gasteiger partial charge in [0.2, 0.25) is 0 Å². The van der Waals surface area contributed by atoms with Gasteiger partial charge in [-0.1, -0.05) is 285 Å². The van der Waals surface area contributed by atoms with Crippen LogP contribution >= 0.6 is 0 Å². The molecule has 0 unspecified atom stereocenters. The molecule has 0 saturated heterocycles. The number of nitrogens with zero attached hydrogens (tertiary/aromatic N) is 1. The van der Waals surface area contributed by atoms with Gasteiger partial charge in [-0.05, 0) is 220 Å². The number of hydrogen-bond acceptors (Lipinski definition) is 4. The minimum Gasteiger partial charge on any atom is -0.456 e. The van der Waals surface area contributed by atoms with Crippen LogP contribution < -0.4 is 4.90 Å². The highest BCUT2D eigenvalue weighted by Gasteiger charge is 2.50. The van der Waals surface area contributed by atoms with Crippen LogP contribution in [0.2, 0.25) is 0 Å². The quantitative estimate of drug-likeness (QED) is 0.0852. The zero-order valence-electron chi connectivity index (χ0n) is 64.7. The van der Waals surface area contributed by atoms with Crippen LogP contribution in [0.4, 0.5) is 17.1 Å². The molecule has 536 valence electrons. The highest BCUT2D eigenvalue weighted by atomic mass is 16.3. The van der Waals surface area contributed by atoms with Crippen LogP contribution in [0.5, 0.6) is 0 Å². The van der Waals surface area contributed by atoms with Crippen LogP contribution in [0.1, 0.15) is 202 Å². The van der Waals surface area contributed by atoms with E-state index in [-0.39, 0.29) is 16.2 Å². The van der Waals surface area contributed by atoms with Crippen molar-refractivity contribution in [2.24, 2.45) is 0 Å². The second kappa shape index (κ2) is 24.0. The molecule has 3 aromatic heterocycles. The summed E-state index contributed by atoms with van der Waals surface area (Å²) in [7, 11) is 0. The number of benzene rings is 13. The maximum Gasteiger partial charge on any atom is 0.144 e. The highest BCUT2D eigenvalue weighted by molar-refractivity contribution is 6.22. The summed E-state index contributed by atoms with van der Waals surface area (Å²) in [5.74, 6) is 0. The average Bonchev–Trinajstić information content (AvgIpc) is 1.51. The third kappa shape index (κ3) is 9.36. The number of rotatable bonds is 17. The molecule has 0 atom stereocenters. The van der Waals surface area contributed by atoms with Gasteiger partial charge in [0, 0.05) is 87.6 Å². The first-order valence-corrected chi connectivity index (χ1v) is 40.7. The number of para-hydroxylation sites is 3. The lowest BCUT2D eigenvalue weighted by Crippen LogP contribution is -2.25. The summed E-state index contributed by atoms with van der Waals surface area (Å²) in [6, 6.07) is 90.4. The summed E-state index contributed by atoms with van der Waals surface area (Å²) in [6.45, 7) is 24.2. The molecule has 3 heterocycles. The van der Waals surface area contributed by atoms with Crippen molar-refractivity contribution in [2.75, 3.05) is 4.90 Å². The largest absolute Gasteiger partial charge is 0.456 e. The molecule has 0 N–H and O–H groups in total. The molecule has 0 spiro atoms. The molecule has 0 aliphatic heterocycles. The average molecular weight is 1420 g/mol. The fraction of sp³-hybridized carbons (Fsp3) is 0.257. The number of hydrogen-bond donors (Lipinski definition) is 0. The van der Waals surface area contributed by atoms with Gasteiger partial charge in [0.1, 0.15) is 33.5 Å². The van der Waals surface area contributed by atoms with Crippen molar-refractivity contribution in [2.45, 2.75) is 173 Å². The predicted octanol–water partition coefficient (Wildman–Crippen LogP) is 30.4. The zero-order valence-corrected chi connectivity index (χ0v) is 64.7. The van der Waals surface area contributed by atoms with E-state index >= 15 is 0 Å². The molecule has 5 aliphatic rings. The SMILES string of the molecule is CCCCCCCC1(CCCCCCC)c2ccccc2-c2ccc(-c3ccc4c(c3)C(C)(C)c3cc(-c5cc6c(c7c5oc5ccccc57)-c5ccc(N(c7ccc8c(c7)C(C)(C)c7c9c(c%10c(oc%11ccccc%11%10)c7-8)-c7ccccc7C9(C)C)c7ccc8oc9ccccc9c8c7)cc5C6(C)C)ccc3-4)cc21. The lowest BCUT2D eigenvalue weighted by atomic mass is 9.70. The Bertz CT molecular complexity index is 6530. The van der Waals surface area contributed by atoms with Crippen LogP contribution in [-0.4, -0.2) is 0 Å². The Labute approximate surface area is 640 Å². The van der Waals surface area contributed by atoms with E-state index in [0.717, 1.165) is 77.7 Å². The summed E-state index contributed by atoms with van der Waals surface area (Å²) in [4.78, 5) is 2.51. The van der Waals surface area contributed by atoms with Crippen LogP contribution in [0, 0.1) is 0 Å². The summed E-state index contributed by atoms with van der Waals surface area (Å²) < 4.78 is 21.0. The molecule has 13 aromatic carbocycles. The molecule has 5 aliphatic carbocycles. The van der Waals surface area contributed by atoms with Crippen LogP contribution in [0.25, 0.3) is 144 Å². The first-order valence-electron chi connectivity index (χ1n) is 40.7. The van der Waals surface area contributed by atoms with Crippen molar-refractivity contribution in [1.82, 2.24) is 0 Å². The molecule has 16 aromatic rings. The summed E-state index contributed by atoms with van der Waals surface area (Å²) >= 11 is 0. The van der Waals surface area contributed by atoms with Gasteiger partial charge in [0.15, 0.2) is 0 Å². The fourth-order valence-electron chi connectivity index (χ4n) is 21.8. The monoisotopic (exact) mass is 1420 g/mol. The minimum atomic E-state index is -0.422. The number of fused-ring (bicyclic) bond motifs is 28. The first-order chi connectivity index (χ1) is 53.0. The van der Waals surface area contributed by atoms with E-state index in [4.69, 9.17) is 13.3 Å². The Morgan fingerprint density at radius 3 is 1.34 bits per heavy atom. The predicted molar refractivity (Wildman–Crippen MR) is 457 cm³/mol. The first kappa shape index (κ1) is 66.3. The lowest BCUT2D eigenvalue weighted by molar-refractivity contribution is 0.399. The van der Waals surface area contributed by atoms with Crippen molar-refractivity contribution in [3.8, 4) is 77.9 Å². The minimum absolute atomic E-state index is 0.0250. The van der Waals surface area contributed by atoms with Gasteiger partial charge in [-0.25, -0.2) is 0 Å². The highest BCUT2D eigenvalue weighted by Crippen LogP contribution is 2.65. The second-order valence-corrected chi connectivity index (χ2v) is 34.8. The van der Waals surface area contributed by atoms with Gasteiger partial charge in [-0.15, -0.1) is 0 Å². The van der Waals surface area contributed by atoms with Crippen molar-refractivity contribution in [3.05, 3.63) is 292 Å². The molecule has 0 radical (unpaired) electrons. The van der Waals surface area contributed by atoms with Crippen molar-refractivity contribution >= 4 is 82.9 Å². The van der Waals surface area contributed by atoms with E-state index in [1.807, 2.05) is 0 Å². The Hall–Kier alpha value is -10.9. The topological polar surface area (TPSA) is 42.7 Å². The van der Waals surface area contributed by atoms with Crippen LogP contribution in [0.15, 0.2) is 250 Å². The summed E-state index contributed by atoms with van der Waals surface area (Å²) in [6.07, 6.45) is 15.4. The third-order valence-electron chi connectivity index (χ3n) is 27.3. The number of unbranched alkanes of at least 4 members (excludes halogenated alkanes) is 8. The zero-order chi connectivity index (χ0) is 73.8. The van der Waals surface area contributed by atoms with Crippen LogP contribution in [0.3, 0.4) is 0 Å². The summed E-state index contributed by atoms with van der Waals surface area (Å²) in [5.41, 5.74) is 39.3. The molecule has 0 fully saturated rings. The van der Waals surface area contributed by atoms with Crippen molar-refractivity contribution in [3.63, 3.8) is 0 Å². The van der Waals surface area contributed by atoms with E-state index in [1.54, 1.807) is 11.1 Å². The third-order valence-corrected chi connectivity index (χ3v) is 27.3. The van der Waals surface area contributed by atoms with Gasteiger partial charge in [-0.2, -0.15) is 0 Å². The molecule has 21 rings (SSSR count). The molecule has 0 saturated carbocycles. The molecule has 0 bridgehead atoms. The Morgan fingerprint density at radius 1 is 0.266 bits per heavy atom. The molecular formula is C105H93NO3. The van der Waals surface area contributed by atoms with E-state index in [2.05, 4.69) is 311 Å². The standard InChI is InChI=1S/C105H93NO3/c1-11-13-15-17-29-53-105(54-30-18-16-14-12-2)81-37-25-19-31-68(81)71-48-42-63(56-86(71)105)62-41-47-69-70-49-43-64(57-83(70)101(3,4)82(69)55-62)78-61-87-92(94-76-34-22-27-39-89(76)108-99(78)94)74-50-44-66(59-84(74)102(87,5)6)106(65-46-52-91-79(58-65)72-32-21-26-38-88(72)107-91)67-45-51-75-85(60-67)104(9,10)98-96(75)100-95(77-35-23-28-40-90(77)109-100)93-73-33-20-24-36-80(73)103(7,8)97(93)98/h19-28,31-52,55-61H,11-18,29-30,53-54H2,1-10H3. The van der Waals surface area contributed by atoms with Gasteiger partial charge in [0.05, 0.1) is 0 Å². The summed E-state index contributed by atoms with van der Waals surface area (Å²) in [5, 5.41) is 6.89. The Morgan fingerprint density at radius 2 is 0.688 bits per heavy atom. The van der Waals surface area contributed by atoms with Gasteiger partial charge >= 0.3 is 0 Å². The Balaban J connectivity index is 0.675. The Kier molecular flexibility index (Phi) is 14.6. The van der Waals surface area contributed by atoms with Crippen molar-refractivity contribution in [1.29, 1.82) is 0 Å². The van der Waals surface area contributed by atoms with Gasteiger partial charge in [-0.3, -0.25) is 0 Å². The second-order valence-electron chi connectivity index (χ2n) is 34.8. The lowest BCUT2D eigenvalue weighted by Gasteiger charge is -2.33. The normalized spacial score (nSPS) is 15.7. The molecule has 109 heavy (non-hydrogen) atoms. The van der Waals surface area contributed by atoms with Crippen molar-refractivity contribution < 1.29 is 13.3 Å². The maximum absolute atomic E-state index is 7.27. The molecule has 4 nitrogen and oxygen atoms in total. The maximum atomic E-state index is 7.27. The van der Waals surface area contributed by atoms with E-state index in [1.165, 1.54) is 205 Å². The molecule has 4 heteroatoms. The fourth-order valence-corrected chi connectivity index (χ4v) is 21.8. The van der Waals surface area contributed by atoms with E-state index in [9.17, 15) is 0 Å². The van der Waals surface area contributed by atoms with Gasteiger partial charge in [0.25, 0.3) is 0 Å². The molecule has 0 amide bonds. The van der Waals surface area contributed by atoms with E-state index in [0.29, 0.717) is 0 Å².